The van der Waals surface area contributed by atoms with Crippen LogP contribution in [0.4, 0.5) is 4.39 Å². The summed E-state index contributed by atoms with van der Waals surface area (Å²) in [6, 6.07) is 6.87. The molecule has 3 unspecified atom stereocenters. The fourth-order valence-corrected chi connectivity index (χ4v) is 2.72. The molecular weight excluding hydrogens is 302 g/mol. The lowest BCUT2D eigenvalue weighted by atomic mass is 9.85. The first-order valence-corrected chi connectivity index (χ1v) is 6.84. The fraction of sp³-hybridized carbons (Fsp3) is 0.267. The average molecular weight is 315 g/mol. The SMILES string of the molecule is CC(C(=O)O)C1=CC(F)(Cl)C(c2ccccc2Cl)C=C1. The highest BCUT2D eigenvalue weighted by atomic mass is 35.5. The van der Waals surface area contributed by atoms with E-state index < -0.39 is 22.9 Å². The summed E-state index contributed by atoms with van der Waals surface area (Å²) in [5, 5.41) is 7.20. The molecule has 0 aromatic heterocycles. The first kappa shape index (κ1) is 15.1. The van der Waals surface area contributed by atoms with Crippen LogP contribution in [0.15, 0.2) is 48.1 Å². The summed E-state index contributed by atoms with van der Waals surface area (Å²) in [6.07, 6.45) is 4.30. The summed E-state index contributed by atoms with van der Waals surface area (Å²) >= 11 is 12.0. The molecule has 5 heteroatoms. The van der Waals surface area contributed by atoms with E-state index in [1.54, 1.807) is 36.4 Å². The van der Waals surface area contributed by atoms with Crippen LogP contribution in [0.2, 0.25) is 5.02 Å². The monoisotopic (exact) mass is 314 g/mol. The Balaban J connectivity index is 2.37. The first-order valence-electron chi connectivity index (χ1n) is 6.09. The number of rotatable bonds is 3. The van der Waals surface area contributed by atoms with Crippen molar-refractivity contribution in [2.75, 3.05) is 0 Å². The minimum absolute atomic E-state index is 0.346. The van der Waals surface area contributed by atoms with E-state index in [4.69, 9.17) is 28.3 Å². The largest absolute Gasteiger partial charge is 0.481 e. The van der Waals surface area contributed by atoms with Gasteiger partial charge in [0.15, 0.2) is 0 Å². The number of carboxylic acid groups (broad SMARTS) is 1. The van der Waals surface area contributed by atoms with Crippen LogP contribution >= 0.6 is 23.2 Å². The van der Waals surface area contributed by atoms with E-state index in [0.717, 1.165) is 6.08 Å². The minimum atomic E-state index is -2.20. The molecule has 0 saturated carbocycles. The highest BCUT2D eigenvalue weighted by molar-refractivity contribution is 6.31. The topological polar surface area (TPSA) is 37.3 Å². The average Bonchev–Trinajstić information content (AvgIpc) is 2.38. The molecule has 2 rings (SSSR count). The van der Waals surface area contributed by atoms with Crippen molar-refractivity contribution in [3.05, 3.63) is 58.7 Å². The molecule has 1 N–H and O–H groups in total. The molecule has 0 fully saturated rings. The molecule has 0 heterocycles. The van der Waals surface area contributed by atoms with Crippen molar-refractivity contribution in [2.45, 2.75) is 18.0 Å². The van der Waals surface area contributed by atoms with Crippen molar-refractivity contribution in [3.63, 3.8) is 0 Å². The van der Waals surface area contributed by atoms with Crippen LogP contribution in [0, 0.1) is 5.92 Å². The van der Waals surface area contributed by atoms with Crippen LogP contribution in [-0.2, 0) is 4.79 Å². The van der Waals surface area contributed by atoms with E-state index in [2.05, 4.69) is 0 Å². The van der Waals surface area contributed by atoms with Crippen LogP contribution in [0.25, 0.3) is 0 Å². The Labute approximate surface area is 126 Å². The van der Waals surface area contributed by atoms with Gasteiger partial charge in [0, 0.05) is 5.02 Å². The predicted octanol–water partition coefficient (Wildman–Crippen LogP) is 4.55. The van der Waals surface area contributed by atoms with Gasteiger partial charge < -0.3 is 5.11 Å². The molecule has 1 aliphatic rings. The number of allylic oxidation sites excluding steroid dienone is 3. The van der Waals surface area contributed by atoms with Crippen molar-refractivity contribution < 1.29 is 14.3 Å². The van der Waals surface area contributed by atoms with Crippen molar-refractivity contribution in [2.24, 2.45) is 5.92 Å². The number of alkyl halides is 2. The maximum atomic E-state index is 14.7. The third-order valence-electron chi connectivity index (χ3n) is 3.37. The lowest BCUT2D eigenvalue weighted by molar-refractivity contribution is -0.139. The van der Waals surface area contributed by atoms with Crippen LogP contribution < -0.4 is 0 Å². The van der Waals surface area contributed by atoms with Crippen LogP contribution in [0.5, 0.6) is 0 Å². The molecule has 1 aliphatic carbocycles. The maximum Gasteiger partial charge on any atom is 0.310 e. The number of carbonyl (C=O) groups is 1. The molecule has 0 bridgehead atoms. The molecule has 0 radical (unpaired) electrons. The van der Waals surface area contributed by atoms with Crippen LogP contribution in [0.3, 0.4) is 0 Å². The highest BCUT2D eigenvalue weighted by Crippen LogP contribution is 2.44. The third kappa shape index (κ3) is 2.89. The second kappa shape index (κ2) is 5.58. The molecule has 20 heavy (non-hydrogen) atoms. The Morgan fingerprint density at radius 3 is 2.65 bits per heavy atom. The molecule has 0 spiro atoms. The Morgan fingerprint density at radius 2 is 2.10 bits per heavy atom. The lowest BCUT2D eigenvalue weighted by Gasteiger charge is -2.29. The summed E-state index contributed by atoms with van der Waals surface area (Å²) in [5.74, 6) is -2.58. The number of benzene rings is 1. The number of aliphatic carboxylic acids is 1. The van der Waals surface area contributed by atoms with Crippen LogP contribution in [-0.4, -0.2) is 16.2 Å². The molecule has 0 aliphatic heterocycles. The zero-order valence-electron chi connectivity index (χ0n) is 10.7. The summed E-state index contributed by atoms with van der Waals surface area (Å²) in [4.78, 5) is 11.0. The Kier molecular flexibility index (Phi) is 4.21. The van der Waals surface area contributed by atoms with Crippen molar-refractivity contribution >= 4 is 29.2 Å². The molecule has 3 atom stereocenters. The number of hydrogen-bond donors (Lipinski definition) is 1. The second-order valence-electron chi connectivity index (χ2n) is 4.74. The van der Waals surface area contributed by atoms with Crippen molar-refractivity contribution in [1.29, 1.82) is 0 Å². The van der Waals surface area contributed by atoms with Gasteiger partial charge in [-0.25, -0.2) is 4.39 Å². The zero-order chi connectivity index (χ0) is 14.9. The van der Waals surface area contributed by atoms with Crippen molar-refractivity contribution in [1.82, 2.24) is 0 Å². The van der Waals surface area contributed by atoms with E-state index >= 15 is 0 Å². The highest BCUT2D eigenvalue weighted by Gasteiger charge is 2.39. The van der Waals surface area contributed by atoms with Gasteiger partial charge in [-0.1, -0.05) is 53.6 Å². The molecule has 1 aromatic carbocycles. The molecular formula is C15H13Cl2FO2. The van der Waals surface area contributed by atoms with E-state index in [1.807, 2.05) is 0 Å². The summed E-state index contributed by atoms with van der Waals surface area (Å²) in [5.41, 5.74) is 0.916. The smallest absolute Gasteiger partial charge is 0.310 e. The number of carboxylic acids is 1. The van der Waals surface area contributed by atoms with Gasteiger partial charge in [0.25, 0.3) is 0 Å². The Morgan fingerprint density at radius 1 is 1.45 bits per heavy atom. The normalized spacial score (nSPS) is 27.0. The summed E-state index contributed by atoms with van der Waals surface area (Å²) in [7, 11) is 0. The van der Waals surface area contributed by atoms with Gasteiger partial charge in [-0.2, -0.15) is 0 Å². The van der Waals surface area contributed by atoms with Gasteiger partial charge >= 0.3 is 5.97 Å². The predicted molar refractivity (Wildman–Crippen MR) is 77.9 cm³/mol. The number of halogens is 3. The van der Waals surface area contributed by atoms with Crippen LogP contribution in [0.1, 0.15) is 18.4 Å². The lowest BCUT2D eigenvalue weighted by Crippen LogP contribution is -2.26. The van der Waals surface area contributed by atoms with Gasteiger partial charge in [-0.15, -0.1) is 0 Å². The first-order chi connectivity index (χ1) is 9.33. The van der Waals surface area contributed by atoms with E-state index in [0.29, 0.717) is 16.2 Å². The van der Waals surface area contributed by atoms with E-state index in [1.165, 1.54) is 6.92 Å². The van der Waals surface area contributed by atoms with Gasteiger partial charge in [-0.05, 0) is 30.2 Å². The van der Waals surface area contributed by atoms with Gasteiger partial charge in [0.2, 0.25) is 5.13 Å². The second-order valence-corrected chi connectivity index (χ2v) is 5.72. The zero-order valence-corrected chi connectivity index (χ0v) is 12.2. The summed E-state index contributed by atoms with van der Waals surface area (Å²) < 4.78 is 14.7. The standard InChI is InChI=1S/C15H13Cl2FO2/c1-9(14(19)20)10-6-7-12(15(17,18)8-10)11-4-2-3-5-13(11)16/h2-9,12H,1H3,(H,19,20). The Bertz CT molecular complexity index is 593. The summed E-state index contributed by atoms with van der Waals surface area (Å²) in [6.45, 7) is 1.49. The molecule has 1 aromatic rings. The molecule has 0 amide bonds. The molecule has 106 valence electrons. The molecule has 0 saturated heterocycles. The Hall–Kier alpha value is -1.32. The quantitative estimate of drug-likeness (QED) is 0.831. The number of hydrogen-bond acceptors (Lipinski definition) is 1. The van der Waals surface area contributed by atoms with Gasteiger partial charge in [-0.3, -0.25) is 4.79 Å². The fourth-order valence-electron chi connectivity index (χ4n) is 2.15. The van der Waals surface area contributed by atoms with Gasteiger partial charge in [0.1, 0.15) is 0 Å². The van der Waals surface area contributed by atoms with E-state index in [-0.39, 0.29) is 0 Å². The third-order valence-corrected chi connectivity index (χ3v) is 4.05. The molecule has 2 nitrogen and oxygen atoms in total. The van der Waals surface area contributed by atoms with E-state index in [9.17, 15) is 9.18 Å². The van der Waals surface area contributed by atoms with Crippen molar-refractivity contribution in [3.8, 4) is 0 Å². The minimum Gasteiger partial charge on any atom is -0.481 e. The maximum absolute atomic E-state index is 14.7. The van der Waals surface area contributed by atoms with Gasteiger partial charge in [0.05, 0.1) is 11.8 Å².